The molecule has 0 aliphatic heterocycles. The van der Waals surface area contributed by atoms with Gasteiger partial charge in [0.25, 0.3) is 5.89 Å². The molecule has 0 bridgehead atoms. The van der Waals surface area contributed by atoms with Gasteiger partial charge in [-0.3, -0.25) is 0 Å². The number of benzene rings is 1. The molecule has 1 unspecified atom stereocenters. The minimum absolute atomic E-state index is 0.325. The largest absolute Gasteiger partial charge is 0.493 e. The van der Waals surface area contributed by atoms with Crippen molar-refractivity contribution in [2.45, 2.75) is 12.3 Å². The summed E-state index contributed by atoms with van der Waals surface area (Å²) in [6.45, 7) is 1.77. The quantitative estimate of drug-likeness (QED) is 0.790. The molecule has 1 aromatic heterocycles. The number of aromatic nitrogens is 2. The van der Waals surface area contributed by atoms with Gasteiger partial charge in [0, 0.05) is 5.56 Å². The Labute approximate surface area is 121 Å². The normalized spacial score (nSPS) is 12.1. The summed E-state index contributed by atoms with van der Waals surface area (Å²) in [5, 5.41) is 3.49. The average molecular weight is 299 g/mol. The summed E-state index contributed by atoms with van der Waals surface area (Å²) >= 11 is 5.91. The third-order valence-corrected chi connectivity index (χ3v) is 2.90. The van der Waals surface area contributed by atoms with E-state index < -0.39 is 0 Å². The van der Waals surface area contributed by atoms with E-state index in [1.807, 2.05) is 0 Å². The molecule has 0 spiro atoms. The minimum Gasteiger partial charge on any atom is -0.493 e. The third-order valence-electron chi connectivity index (χ3n) is 2.71. The molecule has 2 aromatic rings. The lowest BCUT2D eigenvalue weighted by Gasteiger charge is -2.12. The van der Waals surface area contributed by atoms with E-state index >= 15 is 0 Å². The van der Waals surface area contributed by atoms with Crippen LogP contribution in [-0.4, -0.2) is 31.5 Å². The van der Waals surface area contributed by atoms with Gasteiger partial charge < -0.3 is 18.7 Å². The van der Waals surface area contributed by atoms with Gasteiger partial charge in [0.05, 0.1) is 26.7 Å². The van der Waals surface area contributed by atoms with E-state index in [1.54, 1.807) is 40.4 Å². The molecule has 0 fully saturated rings. The summed E-state index contributed by atoms with van der Waals surface area (Å²) in [4.78, 5) is 4.22. The molecule has 7 heteroatoms. The van der Waals surface area contributed by atoms with E-state index in [2.05, 4.69) is 10.1 Å². The van der Waals surface area contributed by atoms with Crippen molar-refractivity contribution in [1.29, 1.82) is 0 Å². The van der Waals surface area contributed by atoms with Crippen molar-refractivity contribution >= 4 is 11.6 Å². The highest BCUT2D eigenvalue weighted by atomic mass is 35.5. The van der Waals surface area contributed by atoms with Crippen LogP contribution in [0.4, 0.5) is 0 Å². The molecule has 0 aliphatic carbocycles. The van der Waals surface area contributed by atoms with Crippen LogP contribution in [0.3, 0.4) is 0 Å². The maximum Gasteiger partial charge on any atom is 0.258 e. The molecule has 0 amide bonds. The fourth-order valence-corrected chi connectivity index (χ4v) is 1.81. The fourth-order valence-electron chi connectivity index (χ4n) is 1.72. The van der Waals surface area contributed by atoms with Gasteiger partial charge in [0.1, 0.15) is 0 Å². The standard InChI is InChI=1S/C13H15ClN2O4/c1-7(14)12-15-13(20-16-12)8-5-9(17-2)11(19-4)10(6-8)18-3/h5-7H,1-4H3. The molecule has 6 nitrogen and oxygen atoms in total. The number of halogens is 1. The number of alkyl halides is 1. The van der Waals surface area contributed by atoms with Crippen molar-refractivity contribution in [3.05, 3.63) is 18.0 Å². The Hall–Kier alpha value is -1.95. The summed E-state index contributed by atoms with van der Waals surface area (Å²) in [6.07, 6.45) is 0. The molecule has 0 radical (unpaired) electrons. The molecule has 0 saturated carbocycles. The Kier molecular flexibility index (Phi) is 4.34. The lowest BCUT2D eigenvalue weighted by Crippen LogP contribution is -1.96. The first-order valence-corrected chi connectivity index (χ1v) is 6.32. The van der Waals surface area contributed by atoms with Gasteiger partial charge in [0.2, 0.25) is 5.75 Å². The van der Waals surface area contributed by atoms with E-state index in [4.69, 9.17) is 30.3 Å². The molecule has 20 heavy (non-hydrogen) atoms. The van der Waals surface area contributed by atoms with Crippen LogP contribution in [0.25, 0.3) is 11.5 Å². The first-order chi connectivity index (χ1) is 9.60. The minimum atomic E-state index is -0.325. The van der Waals surface area contributed by atoms with Crippen LogP contribution in [0.1, 0.15) is 18.1 Å². The van der Waals surface area contributed by atoms with Crippen LogP contribution in [0.5, 0.6) is 17.2 Å². The number of hydrogen-bond acceptors (Lipinski definition) is 6. The molecule has 0 N–H and O–H groups in total. The van der Waals surface area contributed by atoms with Gasteiger partial charge in [0.15, 0.2) is 17.3 Å². The predicted molar refractivity (Wildman–Crippen MR) is 73.7 cm³/mol. The zero-order valence-electron chi connectivity index (χ0n) is 11.6. The summed E-state index contributed by atoms with van der Waals surface area (Å²) in [5.74, 6) is 2.30. The Balaban J connectivity index is 2.50. The van der Waals surface area contributed by atoms with Crippen LogP contribution in [-0.2, 0) is 0 Å². The summed E-state index contributed by atoms with van der Waals surface area (Å²) in [6, 6.07) is 3.47. The molecule has 0 aliphatic rings. The second-order valence-electron chi connectivity index (χ2n) is 3.99. The van der Waals surface area contributed by atoms with Crippen LogP contribution in [0.2, 0.25) is 0 Å². The molecule has 0 saturated heterocycles. The van der Waals surface area contributed by atoms with Crippen molar-refractivity contribution in [1.82, 2.24) is 10.1 Å². The van der Waals surface area contributed by atoms with Crippen molar-refractivity contribution in [3.63, 3.8) is 0 Å². The van der Waals surface area contributed by atoms with Crippen molar-refractivity contribution in [2.75, 3.05) is 21.3 Å². The zero-order valence-corrected chi connectivity index (χ0v) is 12.4. The highest BCUT2D eigenvalue weighted by Gasteiger charge is 2.18. The maximum absolute atomic E-state index is 5.91. The fraction of sp³-hybridized carbons (Fsp3) is 0.385. The van der Waals surface area contributed by atoms with E-state index in [-0.39, 0.29) is 5.38 Å². The lowest BCUT2D eigenvalue weighted by molar-refractivity contribution is 0.324. The van der Waals surface area contributed by atoms with Crippen LogP contribution in [0, 0.1) is 0 Å². The molecule has 1 heterocycles. The van der Waals surface area contributed by atoms with Gasteiger partial charge >= 0.3 is 0 Å². The Morgan fingerprint density at radius 2 is 1.70 bits per heavy atom. The van der Waals surface area contributed by atoms with E-state index in [0.717, 1.165) is 0 Å². The van der Waals surface area contributed by atoms with Crippen LogP contribution in [0.15, 0.2) is 16.7 Å². The van der Waals surface area contributed by atoms with E-state index in [0.29, 0.717) is 34.5 Å². The number of methoxy groups -OCH3 is 3. The molecule has 2 rings (SSSR count). The SMILES string of the molecule is COc1cc(-c2nc(C(C)Cl)no2)cc(OC)c1OC. The van der Waals surface area contributed by atoms with E-state index in [9.17, 15) is 0 Å². The maximum atomic E-state index is 5.91. The van der Waals surface area contributed by atoms with Gasteiger partial charge in [-0.2, -0.15) is 4.98 Å². The van der Waals surface area contributed by atoms with Gasteiger partial charge in [-0.05, 0) is 19.1 Å². The Morgan fingerprint density at radius 3 is 2.10 bits per heavy atom. The second-order valence-corrected chi connectivity index (χ2v) is 4.64. The average Bonchev–Trinajstić information content (AvgIpc) is 2.95. The van der Waals surface area contributed by atoms with Crippen molar-refractivity contribution in [2.24, 2.45) is 0 Å². The van der Waals surface area contributed by atoms with Gasteiger partial charge in [-0.25, -0.2) is 0 Å². The van der Waals surface area contributed by atoms with Crippen LogP contribution < -0.4 is 14.2 Å². The second kappa shape index (κ2) is 6.00. The van der Waals surface area contributed by atoms with Crippen molar-refractivity contribution in [3.8, 4) is 28.7 Å². The third kappa shape index (κ3) is 2.65. The molecular formula is C13H15ClN2O4. The summed E-state index contributed by atoms with van der Waals surface area (Å²) in [5.41, 5.74) is 0.663. The van der Waals surface area contributed by atoms with Crippen molar-refractivity contribution < 1.29 is 18.7 Å². The Bertz CT molecular complexity index is 573. The van der Waals surface area contributed by atoms with Gasteiger partial charge in [-0.15, -0.1) is 11.6 Å². The lowest BCUT2D eigenvalue weighted by atomic mass is 10.2. The molecule has 1 atom stereocenters. The number of ether oxygens (including phenoxy) is 3. The highest BCUT2D eigenvalue weighted by Crippen LogP contribution is 2.40. The summed E-state index contributed by atoms with van der Waals surface area (Å²) in [7, 11) is 4.63. The highest BCUT2D eigenvalue weighted by molar-refractivity contribution is 6.20. The smallest absolute Gasteiger partial charge is 0.258 e. The number of hydrogen-bond donors (Lipinski definition) is 0. The predicted octanol–water partition coefficient (Wildman–Crippen LogP) is 3.06. The zero-order chi connectivity index (χ0) is 14.7. The first-order valence-electron chi connectivity index (χ1n) is 5.88. The summed E-state index contributed by atoms with van der Waals surface area (Å²) < 4.78 is 21.0. The molecule has 1 aromatic carbocycles. The van der Waals surface area contributed by atoms with E-state index in [1.165, 1.54) is 0 Å². The first kappa shape index (κ1) is 14.5. The topological polar surface area (TPSA) is 66.6 Å². The van der Waals surface area contributed by atoms with Crippen LogP contribution >= 0.6 is 11.6 Å². The molecule has 108 valence electrons. The number of rotatable bonds is 5. The number of nitrogens with zero attached hydrogens (tertiary/aromatic N) is 2. The van der Waals surface area contributed by atoms with Gasteiger partial charge in [-0.1, -0.05) is 5.16 Å². The monoisotopic (exact) mass is 298 g/mol. The Morgan fingerprint density at radius 1 is 1.10 bits per heavy atom. The molecular weight excluding hydrogens is 284 g/mol.